The molecule has 30 heavy (non-hydrogen) atoms. The zero-order valence-corrected chi connectivity index (χ0v) is 17.3. The standard InChI is InChI=1S/C22H24N6O2/c1-4-16(29)28(15-8-9-15)11-13-6-5-7-14(10-13)21-25-18-19-17(24-12-27(19)3)20(23-2)26-22(18)30-21/h5-7,10,12,15H,4,8-9,11H2,1-3H3,(H,23,26). The van der Waals surface area contributed by atoms with E-state index >= 15 is 0 Å². The number of aromatic nitrogens is 4. The molecule has 1 aromatic carbocycles. The van der Waals surface area contributed by atoms with Gasteiger partial charge in [0, 0.05) is 38.7 Å². The van der Waals surface area contributed by atoms with Crippen molar-refractivity contribution < 1.29 is 9.21 Å². The molecule has 1 fully saturated rings. The molecule has 4 aromatic rings. The van der Waals surface area contributed by atoms with E-state index in [1.54, 1.807) is 6.33 Å². The maximum atomic E-state index is 12.3. The first-order valence-electron chi connectivity index (χ1n) is 10.3. The maximum absolute atomic E-state index is 12.3. The number of imidazole rings is 1. The first-order valence-corrected chi connectivity index (χ1v) is 10.3. The fourth-order valence-corrected chi connectivity index (χ4v) is 3.89. The second-order valence-corrected chi connectivity index (χ2v) is 7.74. The Balaban J connectivity index is 1.54. The molecule has 3 aromatic heterocycles. The lowest BCUT2D eigenvalue weighted by Crippen LogP contribution is -2.31. The Morgan fingerprint density at radius 2 is 2.13 bits per heavy atom. The number of nitrogens with one attached hydrogen (secondary N) is 1. The van der Waals surface area contributed by atoms with E-state index in [0.29, 0.717) is 41.9 Å². The fraction of sp³-hybridized carbons (Fsp3) is 0.364. The zero-order chi connectivity index (χ0) is 20.8. The molecular formula is C22H24N6O2. The van der Waals surface area contributed by atoms with Gasteiger partial charge in [-0.2, -0.15) is 4.98 Å². The highest BCUT2D eigenvalue weighted by atomic mass is 16.4. The highest BCUT2D eigenvalue weighted by molar-refractivity contribution is 6.03. The molecule has 0 unspecified atom stereocenters. The molecule has 1 amide bonds. The van der Waals surface area contributed by atoms with Crippen LogP contribution in [0.3, 0.4) is 0 Å². The van der Waals surface area contributed by atoms with Crippen molar-refractivity contribution in [2.45, 2.75) is 38.8 Å². The number of fused-ring (bicyclic) bond motifs is 3. The average Bonchev–Trinajstić information content (AvgIpc) is 3.40. The molecule has 8 nitrogen and oxygen atoms in total. The Hall–Kier alpha value is -3.42. The number of carbonyl (C=O) groups excluding carboxylic acids is 1. The molecule has 8 heteroatoms. The van der Waals surface area contributed by atoms with Crippen LogP contribution in [0.1, 0.15) is 31.7 Å². The zero-order valence-electron chi connectivity index (χ0n) is 17.3. The van der Waals surface area contributed by atoms with Gasteiger partial charge in [-0.05, 0) is 30.5 Å². The summed E-state index contributed by atoms with van der Waals surface area (Å²) in [4.78, 5) is 28.0. The molecule has 154 valence electrons. The first-order chi connectivity index (χ1) is 14.6. The number of oxazole rings is 1. The van der Waals surface area contributed by atoms with Crippen LogP contribution in [-0.4, -0.2) is 43.4 Å². The predicted octanol–water partition coefficient (Wildman–Crippen LogP) is 3.72. The summed E-state index contributed by atoms with van der Waals surface area (Å²) in [6.45, 7) is 2.53. The number of rotatable bonds is 6. The summed E-state index contributed by atoms with van der Waals surface area (Å²) in [5, 5.41) is 3.08. The lowest BCUT2D eigenvalue weighted by Gasteiger charge is -2.22. The largest absolute Gasteiger partial charge is 0.418 e. The minimum absolute atomic E-state index is 0.201. The number of carbonyl (C=O) groups is 1. The number of nitrogens with zero attached hydrogens (tertiary/aromatic N) is 5. The molecule has 0 spiro atoms. The summed E-state index contributed by atoms with van der Waals surface area (Å²) in [5.74, 6) is 1.37. The quantitative estimate of drug-likeness (QED) is 0.527. The molecule has 1 saturated carbocycles. The van der Waals surface area contributed by atoms with Crippen LogP contribution < -0.4 is 5.32 Å². The molecule has 1 N–H and O–H groups in total. The Morgan fingerprint density at radius 3 is 2.87 bits per heavy atom. The van der Waals surface area contributed by atoms with Gasteiger partial charge in [0.1, 0.15) is 11.0 Å². The van der Waals surface area contributed by atoms with Gasteiger partial charge in [-0.3, -0.25) is 4.79 Å². The van der Waals surface area contributed by atoms with Gasteiger partial charge in [-0.15, -0.1) is 0 Å². The van der Waals surface area contributed by atoms with Crippen LogP contribution in [0.25, 0.3) is 33.7 Å². The number of hydrogen-bond donors (Lipinski definition) is 1. The van der Waals surface area contributed by atoms with Crippen molar-refractivity contribution in [3.8, 4) is 11.5 Å². The third kappa shape index (κ3) is 3.08. The third-order valence-electron chi connectivity index (χ3n) is 5.58. The van der Waals surface area contributed by atoms with Crippen LogP contribution in [0.2, 0.25) is 0 Å². The van der Waals surface area contributed by atoms with Crippen LogP contribution in [0, 0.1) is 0 Å². The molecule has 3 heterocycles. The van der Waals surface area contributed by atoms with Gasteiger partial charge in [0.15, 0.2) is 11.3 Å². The van der Waals surface area contributed by atoms with E-state index < -0.39 is 0 Å². The summed E-state index contributed by atoms with van der Waals surface area (Å²) >= 11 is 0. The second kappa shape index (κ2) is 7.12. The van der Waals surface area contributed by atoms with Gasteiger partial charge in [-0.1, -0.05) is 19.1 Å². The van der Waals surface area contributed by atoms with Gasteiger partial charge in [0.05, 0.1) is 6.33 Å². The van der Waals surface area contributed by atoms with Crippen LogP contribution in [0.15, 0.2) is 35.0 Å². The van der Waals surface area contributed by atoms with E-state index in [1.807, 2.05) is 54.8 Å². The highest BCUT2D eigenvalue weighted by Crippen LogP contribution is 2.32. The monoisotopic (exact) mass is 404 g/mol. The first kappa shape index (κ1) is 18.6. The number of benzene rings is 1. The van der Waals surface area contributed by atoms with Crippen molar-refractivity contribution in [1.82, 2.24) is 24.4 Å². The SMILES string of the molecule is CCC(=O)N(Cc1cccc(-c2nc3c(nc(NC)c4ncn(C)c43)o2)c1)C1CC1. The van der Waals surface area contributed by atoms with Crippen LogP contribution in [0.4, 0.5) is 5.82 Å². The topological polar surface area (TPSA) is 89.1 Å². The summed E-state index contributed by atoms with van der Waals surface area (Å²) in [5.41, 5.74) is 4.73. The Morgan fingerprint density at radius 1 is 1.30 bits per heavy atom. The Labute approximate surface area is 173 Å². The minimum atomic E-state index is 0.201. The average molecular weight is 404 g/mol. The van der Waals surface area contributed by atoms with Crippen molar-refractivity contribution in [2.75, 3.05) is 12.4 Å². The summed E-state index contributed by atoms with van der Waals surface area (Å²) in [7, 11) is 3.74. The number of pyridine rings is 1. The normalized spacial score (nSPS) is 13.8. The van der Waals surface area contributed by atoms with E-state index in [-0.39, 0.29) is 5.91 Å². The number of hydrogen-bond acceptors (Lipinski definition) is 6. The van der Waals surface area contributed by atoms with Gasteiger partial charge >= 0.3 is 0 Å². The van der Waals surface area contributed by atoms with Crippen molar-refractivity contribution >= 4 is 34.0 Å². The van der Waals surface area contributed by atoms with E-state index in [2.05, 4.69) is 15.3 Å². The molecule has 0 aliphatic heterocycles. The number of amides is 1. The molecule has 1 aliphatic rings. The van der Waals surface area contributed by atoms with Gasteiger partial charge in [-0.25, -0.2) is 9.97 Å². The summed E-state index contributed by atoms with van der Waals surface area (Å²) in [6.07, 6.45) is 4.47. The molecule has 0 bridgehead atoms. The van der Waals surface area contributed by atoms with E-state index in [9.17, 15) is 4.79 Å². The lowest BCUT2D eigenvalue weighted by molar-refractivity contribution is -0.132. The molecule has 1 aliphatic carbocycles. The molecule has 0 atom stereocenters. The van der Waals surface area contributed by atoms with Crippen molar-refractivity contribution in [3.05, 3.63) is 36.2 Å². The Kier molecular flexibility index (Phi) is 4.42. The fourth-order valence-electron chi connectivity index (χ4n) is 3.89. The van der Waals surface area contributed by atoms with Crippen molar-refractivity contribution in [2.24, 2.45) is 7.05 Å². The molecule has 0 radical (unpaired) electrons. The summed E-state index contributed by atoms with van der Waals surface area (Å²) < 4.78 is 7.96. The maximum Gasteiger partial charge on any atom is 0.251 e. The number of aryl methyl sites for hydroxylation is 1. The minimum Gasteiger partial charge on any atom is -0.418 e. The smallest absolute Gasteiger partial charge is 0.251 e. The molecule has 0 saturated heterocycles. The van der Waals surface area contributed by atoms with E-state index in [0.717, 1.165) is 35.0 Å². The van der Waals surface area contributed by atoms with Gasteiger partial charge < -0.3 is 19.2 Å². The van der Waals surface area contributed by atoms with Gasteiger partial charge in [0.25, 0.3) is 5.71 Å². The summed E-state index contributed by atoms with van der Waals surface area (Å²) in [6, 6.07) is 8.42. The highest BCUT2D eigenvalue weighted by Gasteiger charge is 2.31. The van der Waals surface area contributed by atoms with Crippen LogP contribution in [-0.2, 0) is 18.4 Å². The van der Waals surface area contributed by atoms with Crippen molar-refractivity contribution in [3.63, 3.8) is 0 Å². The van der Waals surface area contributed by atoms with Gasteiger partial charge in [0.2, 0.25) is 11.8 Å². The van der Waals surface area contributed by atoms with Crippen molar-refractivity contribution in [1.29, 1.82) is 0 Å². The van der Waals surface area contributed by atoms with Crippen LogP contribution in [0.5, 0.6) is 0 Å². The second-order valence-electron chi connectivity index (χ2n) is 7.74. The van der Waals surface area contributed by atoms with E-state index in [4.69, 9.17) is 9.40 Å². The molecule has 5 rings (SSSR count). The number of anilines is 1. The van der Waals surface area contributed by atoms with Crippen LogP contribution >= 0.6 is 0 Å². The lowest BCUT2D eigenvalue weighted by atomic mass is 10.1. The predicted molar refractivity (Wildman–Crippen MR) is 115 cm³/mol. The molecular weight excluding hydrogens is 380 g/mol. The third-order valence-corrected chi connectivity index (χ3v) is 5.58. The van der Waals surface area contributed by atoms with E-state index in [1.165, 1.54) is 0 Å². The Bertz CT molecular complexity index is 1250.